The lowest BCUT2D eigenvalue weighted by Gasteiger charge is -2.07. The Kier molecular flexibility index (Phi) is 2.52. The van der Waals surface area contributed by atoms with Crippen molar-refractivity contribution < 1.29 is 4.74 Å². The second kappa shape index (κ2) is 4.04. The third-order valence-electron chi connectivity index (χ3n) is 3.03. The molecule has 84 valence electrons. The fourth-order valence-electron chi connectivity index (χ4n) is 2.16. The largest absolute Gasteiger partial charge is 0.497 e. The number of rotatable bonds is 1. The molecule has 3 aromatic rings. The molecule has 0 saturated heterocycles. The summed E-state index contributed by atoms with van der Waals surface area (Å²) in [6.45, 7) is 0. The molecule has 0 spiro atoms. The second-order valence-electron chi connectivity index (χ2n) is 3.99. The van der Waals surface area contributed by atoms with Gasteiger partial charge in [-0.25, -0.2) is 0 Å². The first kappa shape index (κ1) is 10.6. The Morgan fingerprint density at radius 2 is 1.71 bits per heavy atom. The van der Waals surface area contributed by atoms with Crippen molar-refractivity contribution in [3.8, 4) is 5.75 Å². The summed E-state index contributed by atoms with van der Waals surface area (Å²) in [5.41, 5.74) is 0. The SMILES string of the molecule is COc1ccc2ccc3c(Br)cccc3c2c1. The Morgan fingerprint density at radius 1 is 0.882 bits per heavy atom. The first-order valence-electron chi connectivity index (χ1n) is 5.44. The van der Waals surface area contributed by atoms with Gasteiger partial charge in [-0.15, -0.1) is 0 Å². The summed E-state index contributed by atoms with van der Waals surface area (Å²) >= 11 is 3.59. The molecule has 0 saturated carbocycles. The van der Waals surface area contributed by atoms with E-state index >= 15 is 0 Å². The highest BCUT2D eigenvalue weighted by atomic mass is 79.9. The third kappa shape index (κ3) is 1.69. The van der Waals surface area contributed by atoms with Crippen LogP contribution in [0.25, 0.3) is 21.5 Å². The van der Waals surface area contributed by atoms with Crippen LogP contribution in [0.3, 0.4) is 0 Å². The second-order valence-corrected chi connectivity index (χ2v) is 4.84. The predicted molar refractivity (Wildman–Crippen MR) is 75.7 cm³/mol. The van der Waals surface area contributed by atoms with E-state index in [0.717, 1.165) is 10.2 Å². The van der Waals surface area contributed by atoms with Gasteiger partial charge >= 0.3 is 0 Å². The summed E-state index contributed by atoms with van der Waals surface area (Å²) in [5.74, 6) is 0.893. The molecule has 17 heavy (non-hydrogen) atoms. The van der Waals surface area contributed by atoms with E-state index in [-0.39, 0.29) is 0 Å². The van der Waals surface area contributed by atoms with E-state index in [4.69, 9.17) is 4.74 Å². The minimum atomic E-state index is 0.893. The maximum absolute atomic E-state index is 5.29. The zero-order valence-electron chi connectivity index (χ0n) is 9.41. The Morgan fingerprint density at radius 3 is 2.53 bits per heavy atom. The Labute approximate surface area is 108 Å². The summed E-state index contributed by atoms with van der Waals surface area (Å²) in [7, 11) is 1.70. The van der Waals surface area contributed by atoms with E-state index in [1.165, 1.54) is 21.5 Å². The predicted octanol–water partition coefficient (Wildman–Crippen LogP) is 4.76. The number of hydrogen-bond donors (Lipinski definition) is 0. The van der Waals surface area contributed by atoms with Crippen LogP contribution in [0.1, 0.15) is 0 Å². The zero-order chi connectivity index (χ0) is 11.8. The molecule has 0 atom stereocenters. The average molecular weight is 287 g/mol. The molecule has 0 aliphatic heterocycles. The highest BCUT2D eigenvalue weighted by Gasteiger charge is 2.04. The molecule has 2 heteroatoms. The molecule has 1 nitrogen and oxygen atoms in total. The van der Waals surface area contributed by atoms with Crippen LogP contribution in [0.15, 0.2) is 53.0 Å². The van der Waals surface area contributed by atoms with E-state index in [1.807, 2.05) is 6.07 Å². The van der Waals surface area contributed by atoms with Crippen LogP contribution in [0.5, 0.6) is 5.75 Å². The van der Waals surface area contributed by atoms with Gasteiger partial charge in [-0.3, -0.25) is 0 Å². The van der Waals surface area contributed by atoms with Gasteiger partial charge in [0.2, 0.25) is 0 Å². The summed E-state index contributed by atoms with van der Waals surface area (Å²) in [6.07, 6.45) is 0. The van der Waals surface area contributed by atoms with E-state index < -0.39 is 0 Å². The lowest BCUT2D eigenvalue weighted by molar-refractivity contribution is 0.415. The minimum absolute atomic E-state index is 0.893. The fourth-order valence-corrected chi connectivity index (χ4v) is 2.65. The highest BCUT2D eigenvalue weighted by Crippen LogP contribution is 2.32. The van der Waals surface area contributed by atoms with Crippen LogP contribution < -0.4 is 4.74 Å². The van der Waals surface area contributed by atoms with Crippen molar-refractivity contribution in [3.05, 3.63) is 53.0 Å². The molecule has 0 N–H and O–H groups in total. The quantitative estimate of drug-likeness (QED) is 0.586. The van der Waals surface area contributed by atoms with Crippen LogP contribution in [-0.2, 0) is 0 Å². The highest BCUT2D eigenvalue weighted by molar-refractivity contribution is 9.10. The zero-order valence-corrected chi connectivity index (χ0v) is 11.0. The van der Waals surface area contributed by atoms with Crippen molar-refractivity contribution in [2.45, 2.75) is 0 Å². The summed E-state index contributed by atoms with van der Waals surface area (Å²) in [6, 6.07) is 16.7. The van der Waals surface area contributed by atoms with Crippen LogP contribution in [0, 0.1) is 0 Å². The standard InChI is InChI=1S/C15H11BrO/c1-17-11-7-5-10-6-8-13-12(14(10)9-11)3-2-4-15(13)16/h2-9H,1H3. The van der Waals surface area contributed by atoms with Crippen LogP contribution in [0.2, 0.25) is 0 Å². The molecular weight excluding hydrogens is 276 g/mol. The topological polar surface area (TPSA) is 9.23 Å². The number of halogens is 1. The number of ether oxygens (including phenoxy) is 1. The Hall–Kier alpha value is -1.54. The fraction of sp³-hybridized carbons (Fsp3) is 0.0667. The molecule has 0 amide bonds. The summed E-state index contributed by atoms with van der Waals surface area (Å²) < 4.78 is 6.41. The molecular formula is C15H11BrO. The first-order valence-corrected chi connectivity index (χ1v) is 6.24. The molecule has 0 bridgehead atoms. The van der Waals surface area contributed by atoms with Crippen molar-refractivity contribution >= 4 is 37.5 Å². The number of methoxy groups -OCH3 is 1. The molecule has 3 aromatic carbocycles. The molecule has 0 unspecified atom stereocenters. The smallest absolute Gasteiger partial charge is 0.119 e. The molecule has 0 aliphatic carbocycles. The maximum Gasteiger partial charge on any atom is 0.119 e. The van der Waals surface area contributed by atoms with Crippen molar-refractivity contribution in [1.29, 1.82) is 0 Å². The first-order chi connectivity index (χ1) is 8.29. The van der Waals surface area contributed by atoms with E-state index in [9.17, 15) is 0 Å². The van der Waals surface area contributed by atoms with E-state index in [1.54, 1.807) is 7.11 Å². The number of hydrogen-bond acceptors (Lipinski definition) is 1. The average Bonchev–Trinajstić information content (AvgIpc) is 2.38. The van der Waals surface area contributed by atoms with Gasteiger partial charge in [-0.05, 0) is 39.7 Å². The number of benzene rings is 3. The van der Waals surface area contributed by atoms with E-state index in [2.05, 4.69) is 58.4 Å². The van der Waals surface area contributed by atoms with Gasteiger partial charge in [0.25, 0.3) is 0 Å². The summed E-state index contributed by atoms with van der Waals surface area (Å²) in [5, 5.41) is 4.93. The van der Waals surface area contributed by atoms with Gasteiger partial charge in [0.15, 0.2) is 0 Å². The molecule has 3 rings (SSSR count). The lowest BCUT2D eigenvalue weighted by atomic mass is 10.0. The van der Waals surface area contributed by atoms with Crippen molar-refractivity contribution in [2.24, 2.45) is 0 Å². The van der Waals surface area contributed by atoms with Gasteiger partial charge < -0.3 is 4.74 Å². The Bertz CT molecular complexity index is 704. The molecule has 0 radical (unpaired) electrons. The molecule has 0 aliphatic rings. The minimum Gasteiger partial charge on any atom is -0.497 e. The summed E-state index contributed by atoms with van der Waals surface area (Å²) in [4.78, 5) is 0. The van der Waals surface area contributed by atoms with Crippen molar-refractivity contribution in [1.82, 2.24) is 0 Å². The van der Waals surface area contributed by atoms with E-state index in [0.29, 0.717) is 0 Å². The van der Waals surface area contributed by atoms with Crippen LogP contribution in [0.4, 0.5) is 0 Å². The molecule has 0 fully saturated rings. The monoisotopic (exact) mass is 286 g/mol. The van der Waals surface area contributed by atoms with Crippen molar-refractivity contribution in [3.63, 3.8) is 0 Å². The van der Waals surface area contributed by atoms with Crippen LogP contribution >= 0.6 is 15.9 Å². The van der Waals surface area contributed by atoms with Crippen molar-refractivity contribution in [2.75, 3.05) is 7.11 Å². The van der Waals surface area contributed by atoms with Gasteiger partial charge in [0.1, 0.15) is 5.75 Å². The van der Waals surface area contributed by atoms with Gasteiger partial charge in [0, 0.05) is 4.47 Å². The Balaban J connectivity index is 2.49. The maximum atomic E-state index is 5.29. The lowest BCUT2D eigenvalue weighted by Crippen LogP contribution is -1.83. The van der Waals surface area contributed by atoms with Gasteiger partial charge in [0.05, 0.1) is 7.11 Å². The molecule has 0 heterocycles. The molecule has 0 aromatic heterocycles. The van der Waals surface area contributed by atoms with Gasteiger partial charge in [-0.1, -0.05) is 46.3 Å². The third-order valence-corrected chi connectivity index (χ3v) is 3.72. The van der Waals surface area contributed by atoms with Crippen LogP contribution in [-0.4, -0.2) is 7.11 Å². The normalized spacial score (nSPS) is 10.9. The number of fused-ring (bicyclic) bond motifs is 3. The van der Waals surface area contributed by atoms with Gasteiger partial charge in [-0.2, -0.15) is 0 Å².